The molecule has 0 amide bonds. The topological polar surface area (TPSA) is 56.7 Å². The van der Waals surface area contributed by atoms with E-state index in [0.717, 1.165) is 60.1 Å². The third kappa shape index (κ3) is 8.64. The Labute approximate surface area is 438 Å². The van der Waals surface area contributed by atoms with Gasteiger partial charge in [0.05, 0.1) is 28.3 Å². The van der Waals surface area contributed by atoms with Crippen molar-refractivity contribution < 1.29 is 32.7 Å². The normalized spacial score (nSPS) is 13.5. The first kappa shape index (κ1) is 40.5. The molecule has 0 aliphatic carbocycles. The van der Waals surface area contributed by atoms with Crippen LogP contribution >= 0.6 is 0 Å². The molecule has 3 heterocycles. The summed E-state index contributed by atoms with van der Waals surface area (Å²) >= 11 is 0. The van der Waals surface area contributed by atoms with Crippen molar-refractivity contribution in [3.63, 3.8) is 0 Å². The maximum Gasteiger partial charge on any atom is 0.121 e. The van der Waals surface area contributed by atoms with Crippen molar-refractivity contribution >= 4 is 65.3 Å². The van der Waals surface area contributed by atoms with E-state index in [4.69, 9.17) is 17.6 Å². The van der Waals surface area contributed by atoms with Crippen LogP contribution in [-0.2, 0) is 25.5 Å². The summed E-state index contributed by atoms with van der Waals surface area (Å²) in [6.07, 6.45) is 1.72. The molecular formula is C65H56IrN4O-2. The number of imidazole rings is 1. The fourth-order valence-corrected chi connectivity index (χ4v) is 9.80. The molecule has 0 aliphatic rings. The van der Waals surface area contributed by atoms with Gasteiger partial charge in [0.1, 0.15) is 5.58 Å². The summed E-state index contributed by atoms with van der Waals surface area (Å²) in [5.74, 6) is 1.56. The van der Waals surface area contributed by atoms with E-state index >= 15 is 0 Å². The third-order valence-corrected chi connectivity index (χ3v) is 13.4. The predicted octanol–water partition coefficient (Wildman–Crippen LogP) is 17.6. The Morgan fingerprint density at radius 2 is 1.31 bits per heavy atom. The average Bonchev–Trinajstić information content (AvgIpc) is 4.01. The Hall–Kier alpha value is -7.24. The number of fused-ring (bicyclic) bond motifs is 9. The number of aryl methyl sites for hydroxylation is 2. The quantitative estimate of drug-likeness (QED) is 0.123. The van der Waals surface area contributed by atoms with Crippen LogP contribution in [0.2, 0.25) is 0 Å². The average molecular weight is 1110 g/mol. The molecule has 3 aromatic heterocycles. The van der Waals surface area contributed by atoms with Crippen LogP contribution in [0.1, 0.15) is 96.5 Å². The minimum absolute atomic E-state index is 0. The Kier molecular flexibility index (Phi) is 10.7. The second-order valence-electron chi connectivity index (χ2n) is 19.9. The molecule has 0 fully saturated rings. The van der Waals surface area contributed by atoms with E-state index in [1.807, 2.05) is 24.3 Å². The summed E-state index contributed by atoms with van der Waals surface area (Å²) in [4.78, 5) is 14.2. The van der Waals surface area contributed by atoms with Crippen LogP contribution in [0.4, 0.5) is 0 Å². The molecule has 12 rings (SSSR count). The van der Waals surface area contributed by atoms with Gasteiger partial charge in [0.25, 0.3) is 0 Å². The fourth-order valence-electron chi connectivity index (χ4n) is 9.80. The molecule has 0 bridgehead atoms. The van der Waals surface area contributed by atoms with Gasteiger partial charge in [0, 0.05) is 62.1 Å². The van der Waals surface area contributed by atoms with Gasteiger partial charge in [-0.2, -0.15) is 0 Å². The molecule has 9 aromatic carbocycles. The van der Waals surface area contributed by atoms with E-state index in [2.05, 4.69) is 184 Å². The number of nitrogens with zero attached hydrogens (tertiary/aromatic N) is 4. The van der Waals surface area contributed by atoms with E-state index in [1.165, 1.54) is 28.3 Å². The number of rotatable bonds is 6. The van der Waals surface area contributed by atoms with Gasteiger partial charge in [0.2, 0.25) is 0 Å². The molecule has 1 radical (unpaired) electrons. The fraction of sp³-hybridized carbons (Fsp3) is 0.185. The number of hydrogen-bond acceptors (Lipinski definition) is 4. The van der Waals surface area contributed by atoms with Crippen molar-refractivity contribution in [1.29, 1.82) is 0 Å². The molecule has 6 heteroatoms. The minimum atomic E-state index is -2.41. The second kappa shape index (κ2) is 18.8. The van der Waals surface area contributed by atoms with Gasteiger partial charge < -0.3 is 8.98 Å². The summed E-state index contributed by atoms with van der Waals surface area (Å²) in [7, 11) is 0. The third-order valence-electron chi connectivity index (χ3n) is 13.4. The van der Waals surface area contributed by atoms with Crippen molar-refractivity contribution in [2.75, 3.05) is 0 Å². The zero-order chi connectivity index (χ0) is 53.4. The van der Waals surface area contributed by atoms with Crippen LogP contribution in [0.15, 0.2) is 168 Å². The Morgan fingerprint density at radius 3 is 2.00 bits per heavy atom. The summed E-state index contributed by atoms with van der Waals surface area (Å²) in [6, 6.07) is 59.2. The van der Waals surface area contributed by atoms with Crippen LogP contribution in [-0.4, -0.2) is 19.5 Å². The van der Waals surface area contributed by atoms with Gasteiger partial charge in [0.15, 0.2) is 0 Å². The van der Waals surface area contributed by atoms with Gasteiger partial charge in [-0.05, 0) is 97.4 Å². The summed E-state index contributed by atoms with van der Waals surface area (Å²) in [5, 5.41) is 7.82. The molecule has 0 unspecified atom stereocenters. The molecule has 0 aliphatic heterocycles. The van der Waals surface area contributed by atoms with Crippen molar-refractivity contribution in [3.05, 3.63) is 204 Å². The SMILES string of the molecule is [2H]C([2H])([2H])c1c[c-]c(-c2nc3ccc4ccccc4c3n2-c2c(C(C)C)cc(-c3ccccc3)cc2C(C)C)c2oc3cc4ccc5ccccc5c4cc3c12.[2H]C([2H])([2H])c1c[c-]c(-c2nccc(C(C)(C)C)n2)cc1.[Ir]. The van der Waals surface area contributed by atoms with Gasteiger partial charge in [-0.25, -0.2) is 0 Å². The molecular weight excluding hydrogens is 1040 g/mol. The van der Waals surface area contributed by atoms with E-state index in [1.54, 1.807) is 24.4 Å². The Bertz CT molecular complexity index is 4160. The predicted molar refractivity (Wildman–Crippen MR) is 293 cm³/mol. The summed E-state index contributed by atoms with van der Waals surface area (Å²) < 4.78 is 57.3. The van der Waals surface area contributed by atoms with Crippen molar-refractivity contribution in [2.45, 2.75) is 79.4 Å². The molecule has 0 atom stereocenters. The smallest absolute Gasteiger partial charge is 0.121 e. The molecule has 71 heavy (non-hydrogen) atoms. The maximum absolute atomic E-state index is 8.69. The van der Waals surface area contributed by atoms with E-state index in [9.17, 15) is 0 Å². The zero-order valence-corrected chi connectivity index (χ0v) is 43.2. The standard InChI is InChI=1S/C50H39N2O.C15H17N2.Ir/c1-29(2)40-25-36(32-13-7-6-8-14-32)26-41(30(3)4)47(40)52-48-38-18-12-10-16-34(38)22-24-44(48)51-50(52)39-23-19-31(5)46-43-28-42-35(27-45(43)53-49(39)46)21-20-33-15-9-11-17-37(33)42;1-11-5-7-12(8-6-11)14-16-10-9-13(17-14)15(2,3)4;/h6-22,24-30H,1-5H3;5-7,9-10H,1-4H3;/q2*-1;/i5D3;1D3;. The van der Waals surface area contributed by atoms with E-state index in [0.29, 0.717) is 39.3 Å². The molecule has 353 valence electrons. The van der Waals surface area contributed by atoms with Crippen LogP contribution in [0.5, 0.6) is 0 Å². The van der Waals surface area contributed by atoms with Gasteiger partial charge in [-0.1, -0.05) is 170 Å². The molecule has 0 saturated heterocycles. The molecule has 5 nitrogen and oxygen atoms in total. The van der Waals surface area contributed by atoms with Gasteiger partial charge >= 0.3 is 0 Å². The largest absolute Gasteiger partial charge is 0.501 e. The number of aromatic nitrogens is 4. The van der Waals surface area contributed by atoms with Gasteiger partial charge in [-0.15, -0.1) is 53.1 Å². The number of benzene rings is 9. The van der Waals surface area contributed by atoms with Crippen LogP contribution in [0, 0.1) is 25.8 Å². The molecule has 0 spiro atoms. The van der Waals surface area contributed by atoms with E-state index in [-0.39, 0.29) is 48.5 Å². The van der Waals surface area contributed by atoms with Crippen molar-refractivity contribution in [2.24, 2.45) is 0 Å². The molecule has 12 aromatic rings. The number of hydrogen-bond donors (Lipinski definition) is 0. The second-order valence-corrected chi connectivity index (χ2v) is 19.9. The molecule has 0 saturated carbocycles. The summed E-state index contributed by atoms with van der Waals surface area (Å²) in [6.45, 7) is 10.7. The summed E-state index contributed by atoms with van der Waals surface area (Å²) in [5.41, 5.74) is 11.4. The molecule has 0 N–H and O–H groups in total. The van der Waals surface area contributed by atoms with Gasteiger partial charge in [-0.3, -0.25) is 15.0 Å². The van der Waals surface area contributed by atoms with E-state index < -0.39 is 13.7 Å². The first-order valence-electron chi connectivity index (χ1n) is 27.0. The van der Waals surface area contributed by atoms with Crippen molar-refractivity contribution in [3.8, 4) is 39.6 Å². The first-order valence-corrected chi connectivity index (χ1v) is 24.0. The van der Waals surface area contributed by atoms with Crippen molar-refractivity contribution in [1.82, 2.24) is 19.5 Å². The monoisotopic (exact) mass is 1110 g/mol. The van der Waals surface area contributed by atoms with Crippen LogP contribution in [0.25, 0.3) is 105 Å². The maximum atomic E-state index is 8.69. The Morgan fingerprint density at radius 1 is 0.620 bits per heavy atom. The zero-order valence-electron chi connectivity index (χ0n) is 46.8. The minimum Gasteiger partial charge on any atom is -0.501 e. The Balaban J connectivity index is 0.000000271. The number of furan rings is 1. The van der Waals surface area contributed by atoms with Crippen LogP contribution in [0.3, 0.4) is 0 Å². The van der Waals surface area contributed by atoms with Crippen LogP contribution < -0.4 is 0 Å². The first-order chi connectivity index (χ1) is 36.2.